The summed E-state index contributed by atoms with van der Waals surface area (Å²) in [5.41, 5.74) is -1.65. The molecule has 1 spiro atoms. The number of halogens is 3. The molecule has 7 nitrogen and oxygen atoms in total. The lowest BCUT2D eigenvalue weighted by atomic mass is 9.78. The highest BCUT2D eigenvalue weighted by molar-refractivity contribution is 5.87. The number of rotatable bonds is 4. The van der Waals surface area contributed by atoms with Gasteiger partial charge in [0, 0.05) is 37.1 Å². The Bertz CT molecular complexity index is 1000. The Morgan fingerprint density at radius 1 is 1.23 bits per heavy atom. The number of terminal acetylenes is 1. The summed E-state index contributed by atoms with van der Waals surface area (Å²) in [5.74, 6) is 2.13. The highest BCUT2D eigenvalue weighted by Crippen LogP contribution is 2.46. The van der Waals surface area contributed by atoms with E-state index < -0.39 is 23.2 Å². The lowest BCUT2D eigenvalue weighted by molar-refractivity contribution is -0.139. The smallest absolute Gasteiger partial charge is 0.418 e. The molecule has 2 aliphatic heterocycles. The van der Waals surface area contributed by atoms with Gasteiger partial charge < -0.3 is 19.6 Å². The van der Waals surface area contributed by atoms with E-state index in [0.29, 0.717) is 45.2 Å². The standard InChI is InChI=1S/C25H30F3N3O4/c1-2-14-35-23(34)29-17-4-9-21(20(15-17)25(26,27)28)30-12-3-10-24(16-30)11-13-31(22(24)33)18-5-7-19(32)8-6-18/h1,4,9,15,18-19,32H,3,5-8,10-14,16H2,(H,29,34)/t18-,19-,24-/m0/s1. The number of carbonyl (C=O) groups is 2. The molecule has 35 heavy (non-hydrogen) atoms. The molecule has 190 valence electrons. The summed E-state index contributed by atoms with van der Waals surface area (Å²) in [6.45, 7) is 0.934. The predicted octanol–water partition coefficient (Wildman–Crippen LogP) is 4.01. The fourth-order valence-corrected chi connectivity index (χ4v) is 5.66. The van der Waals surface area contributed by atoms with Crippen LogP contribution in [0.15, 0.2) is 18.2 Å². The summed E-state index contributed by atoms with van der Waals surface area (Å²) in [7, 11) is 0. The first kappa shape index (κ1) is 25.2. The van der Waals surface area contributed by atoms with E-state index in [1.165, 1.54) is 12.1 Å². The number of piperidine rings is 1. The maximum atomic E-state index is 14.0. The SMILES string of the molecule is C#CCOC(=O)Nc1ccc(N2CCC[C@]3(CCN([C@H]4CC[C@H](O)CC4)C3=O)C2)c(C(F)(F)F)c1. The molecule has 3 fully saturated rings. The highest BCUT2D eigenvalue weighted by atomic mass is 19.4. The topological polar surface area (TPSA) is 82.1 Å². The second-order valence-corrected chi connectivity index (χ2v) is 9.65. The van der Waals surface area contributed by atoms with Crippen molar-refractivity contribution < 1.29 is 32.6 Å². The molecule has 2 amide bonds. The summed E-state index contributed by atoms with van der Waals surface area (Å²) in [4.78, 5) is 28.8. The van der Waals surface area contributed by atoms with Gasteiger partial charge in [0.25, 0.3) is 0 Å². The van der Waals surface area contributed by atoms with E-state index in [9.17, 15) is 27.9 Å². The van der Waals surface area contributed by atoms with Crippen molar-refractivity contribution in [3.63, 3.8) is 0 Å². The zero-order valence-electron chi connectivity index (χ0n) is 19.4. The van der Waals surface area contributed by atoms with Crippen LogP contribution in [0.1, 0.15) is 50.5 Å². The average Bonchev–Trinajstić information content (AvgIpc) is 3.12. The van der Waals surface area contributed by atoms with Crippen LogP contribution in [0.4, 0.5) is 29.3 Å². The monoisotopic (exact) mass is 493 g/mol. The van der Waals surface area contributed by atoms with E-state index >= 15 is 0 Å². The second-order valence-electron chi connectivity index (χ2n) is 9.65. The molecule has 1 aromatic carbocycles. The number of aliphatic hydroxyl groups excluding tert-OH is 1. The number of carbonyl (C=O) groups excluding carboxylic acids is 2. The number of nitrogens with zero attached hydrogens (tertiary/aromatic N) is 2. The predicted molar refractivity (Wildman–Crippen MR) is 124 cm³/mol. The van der Waals surface area contributed by atoms with E-state index in [0.717, 1.165) is 18.9 Å². The van der Waals surface area contributed by atoms with Crippen LogP contribution in [0.3, 0.4) is 0 Å². The minimum Gasteiger partial charge on any atom is -0.436 e. The fourth-order valence-electron chi connectivity index (χ4n) is 5.66. The van der Waals surface area contributed by atoms with Gasteiger partial charge in [-0.2, -0.15) is 13.2 Å². The van der Waals surface area contributed by atoms with E-state index in [4.69, 9.17) is 6.42 Å². The van der Waals surface area contributed by atoms with Crippen molar-refractivity contribution in [2.24, 2.45) is 5.41 Å². The van der Waals surface area contributed by atoms with Crippen LogP contribution in [0.2, 0.25) is 0 Å². The van der Waals surface area contributed by atoms with Crippen LogP contribution in [0.5, 0.6) is 0 Å². The van der Waals surface area contributed by atoms with Gasteiger partial charge in [-0.25, -0.2) is 4.79 Å². The second kappa shape index (κ2) is 9.97. The summed E-state index contributed by atoms with van der Waals surface area (Å²) in [6, 6.07) is 3.69. The van der Waals surface area contributed by atoms with Gasteiger partial charge in [-0.15, -0.1) is 6.42 Å². The van der Waals surface area contributed by atoms with Gasteiger partial charge in [0.15, 0.2) is 6.61 Å². The Morgan fingerprint density at radius 3 is 2.66 bits per heavy atom. The minimum absolute atomic E-state index is 0.00819. The van der Waals surface area contributed by atoms with Crippen LogP contribution in [0, 0.1) is 17.8 Å². The average molecular weight is 494 g/mol. The van der Waals surface area contributed by atoms with E-state index in [-0.39, 0.29) is 42.6 Å². The molecular weight excluding hydrogens is 463 g/mol. The number of ether oxygens (including phenoxy) is 1. The molecule has 1 saturated carbocycles. The number of likely N-dealkylation sites (tertiary alicyclic amines) is 1. The van der Waals surface area contributed by atoms with Crippen molar-refractivity contribution in [1.82, 2.24) is 4.90 Å². The molecule has 2 heterocycles. The molecule has 3 aliphatic rings. The van der Waals surface area contributed by atoms with Gasteiger partial charge in [0.2, 0.25) is 5.91 Å². The Hall–Kier alpha value is -2.93. The molecule has 10 heteroatoms. The molecule has 0 radical (unpaired) electrons. The first-order chi connectivity index (χ1) is 16.6. The maximum absolute atomic E-state index is 14.0. The highest BCUT2D eigenvalue weighted by Gasteiger charge is 2.51. The fraction of sp³-hybridized carbons (Fsp3) is 0.600. The maximum Gasteiger partial charge on any atom is 0.418 e. The van der Waals surface area contributed by atoms with Crippen molar-refractivity contribution in [1.29, 1.82) is 0 Å². The van der Waals surface area contributed by atoms with Crippen LogP contribution in [-0.2, 0) is 15.7 Å². The van der Waals surface area contributed by atoms with Crippen LogP contribution < -0.4 is 10.2 Å². The Morgan fingerprint density at radius 2 is 1.97 bits per heavy atom. The molecule has 2 saturated heterocycles. The van der Waals surface area contributed by atoms with Crippen molar-refractivity contribution in [2.45, 2.75) is 63.3 Å². The number of benzene rings is 1. The number of hydrogen-bond acceptors (Lipinski definition) is 5. The van der Waals surface area contributed by atoms with Crippen LogP contribution in [0.25, 0.3) is 0 Å². The lowest BCUT2D eigenvalue weighted by Gasteiger charge is -2.42. The van der Waals surface area contributed by atoms with Crippen LogP contribution in [-0.4, -0.2) is 60.4 Å². The van der Waals surface area contributed by atoms with Crippen molar-refractivity contribution in [2.75, 3.05) is 36.5 Å². The number of nitrogens with one attached hydrogen (secondary N) is 1. The van der Waals surface area contributed by atoms with Crippen molar-refractivity contribution in [3.8, 4) is 12.3 Å². The normalized spacial score (nSPS) is 27.1. The minimum atomic E-state index is -4.66. The molecule has 0 unspecified atom stereocenters. The first-order valence-electron chi connectivity index (χ1n) is 12.0. The van der Waals surface area contributed by atoms with E-state index in [2.05, 4.69) is 16.0 Å². The van der Waals surface area contributed by atoms with Gasteiger partial charge in [-0.05, 0) is 63.1 Å². The number of amides is 2. The molecule has 0 aromatic heterocycles. The third-order valence-corrected chi connectivity index (χ3v) is 7.41. The zero-order chi connectivity index (χ0) is 25.2. The van der Waals surface area contributed by atoms with Crippen LogP contribution >= 0.6 is 0 Å². The number of hydrogen-bond donors (Lipinski definition) is 2. The number of alkyl halides is 3. The van der Waals surface area contributed by atoms with Gasteiger partial charge in [0.05, 0.1) is 17.1 Å². The summed E-state index contributed by atoms with van der Waals surface area (Å²) < 4.78 is 46.7. The quantitative estimate of drug-likeness (QED) is 0.620. The Labute approximate surface area is 202 Å². The molecule has 4 rings (SSSR count). The Kier molecular flexibility index (Phi) is 7.17. The summed E-state index contributed by atoms with van der Waals surface area (Å²) in [6.07, 6.45) is 3.82. The summed E-state index contributed by atoms with van der Waals surface area (Å²) >= 11 is 0. The largest absolute Gasteiger partial charge is 0.436 e. The summed E-state index contributed by atoms with van der Waals surface area (Å²) in [5, 5.41) is 12.1. The lowest BCUT2D eigenvalue weighted by Crippen LogP contribution is -2.50. The Balaban J connectivity index is 1.53. The zero-order valence-corrected chi connectivity index (χ0v) is 19.4. The molecule has 1 aromatic rings. The van der Waals surface area contributed by atoms with E-state index in [1.54, 1.807) is 4.90 Å². The molecular formula is C25H30F3N3O4. The van der Waals surface area contributed by atoms with Gasteiger partial charge in [0.1, 0.15) is 0 Å². The third kappa shape index (κ3) is 5.35. The molecule has 2 N–H and O–H groups in total. The number of aliphatic hydroxyl groups is 1. The molecule has 1 aliphatic carbocycles. The van der Waals surface area contributed by atoms with Crippen molar-refractivity contribution in [3.05, 3.63) is 23.8 Å². The van der Waals surface area contributed by atoms with Gasteiger partial charge in [-0.1, -0.05) is 5.92 Å². The third-order valence-electron chi connectivity index (χ3n) is 7.41. The van der Waals surface area contributed by atoms with Crippen molar-refractivity contribution >= 4 is 23.4 Å². The first-order valence-corrected chi connectivity index (χ1v) is 12.0. The van der Waals surface area contributed by atoms with E-state index in [1.807, 2.05) is 4.90 Å². The molecule has 0 bridgehead atoms. The van der Waals surface area contributed by atoms with Gasteiger partial charge >= 0.3 is 12.3 Å². The van der Waals surface area contributed by atoms with Gasteiger partial charge in [-0.3, -0.25) is 10.1 Å². The molecule has 1 atom stereocenters. The number of anilines is 2.